The lowest BCUT2D eigenvalue weighted by Crippen LogP contribution is -2.24. The SMILES string of the molecule is CCNC(c1ccccc1Br)c1c(F)cc(OC)cc1F. The number of rotatable bonds is 5. The lowest BCUT2D eigenvalue weighted by atomic mass is 9.97. The molecule has 0 aliphatic carbocycles. The zero-order valence-corrected chi connectivity index (χ0v) is 13.4. The Labute approximate surface area is 131 Å². The lowest BCUT2D eigenvalue weighted by molar-refractivity contribution is 0.403. The molecule has 0 bridgehead atoms. The van der Waals surface area contributed by atoms with E-state index in [1.54, 1.807) is 0 Å². The van der Waals surface area contributed by atoms with Crippen LogP contribution in [-0.2, 0) is 0 Å². The van der Waals surface area contributed by atoms with Gasteiger partial charge in [0.15, 0.2) is 0 Å². The Kier molecular flexibility index (Phi) is 5.31. The Morgan fingerprint density at radius 1 is 1.19 bits per heavy atom. The first-order valence-corrected chi connectivity index (χ1v) is 7.38. The van der Waals surface area contributed by atoms with Gasteiger partial charge in [0.05, 0.1) is 13.2 Å². The molecule has 21 heavy (non-hydrogen) atoms. The maximum atomic E-state index is 14.3. The number of benzene rings is 2. The molecule has 0 spiro atoms. The van der Waals surface area contributed by atoms with Crippen LogP contribution in [0.3, 0.4) is 0 Å². The first-order valence-electron chi connectivity index (χ1n) is 6.59. The molecule has 0 aliphatic heterocycles. The van der Waals surface area contributed by atoms with Crippen LogP contribution in [0.25, 0.3) is 0 Å². The smallest absolute Gasteiger partial charge is 0.134 e. The van der Waals surface area contributed by atoms with Crippen molar-refractivity contribution in [1.82, 2.24) is 5.32 Å². The van der Waals surface area contributed by atoms with Gasteiger partial charge in [-0.05, 0) is 18.2 Å². The molecule has 1 unspecified atom stereocenters. The van der Waals surface area contributed by atoms with Gasteiger partial charge in [0.2, 0.25) is 0 Å². The molecular formula is C16H16BrF2NO. The van der Waals surface area contributed by atoms with Gasteiger partial charge in [-0.3, -0.25) is 0 Å². The van der Waals surface area contributed by atoms with E-state index in [0.29, 0.717) is 6.54 Å². The molecule has 0 fully saturated rings. The molecule has 2 rings (SSSR count). The second-order valence-corrected chi connectivity index (χ2v) is 5.37. The Morgan fingerprint density at radius 2 is 1.81 bits per heavy atom. The highest BCUT2D eigenvalue weighted by molar-refractivity contribution is 9.10. The number of hydrogen-bond donors (Lipinski definition) is 1. The van der Waals surface area contributed by atoms with Crippen LogP contribution in [0.2, 0.25) is 0 Å². The molecule has 0 aromatic heterocycles. The van der Waals surface area contributed by atoms with Crippen LogP contribution in [0.4, 0.5) is 8.78 Å². The number of ether oxygens (including phenoxy) is 1. The predicted octanol–water partition coefficient (Wildman–Crippen LogP) is 4.43. The summed E-state index contributed by atoms with van der Waals surface area (Å²) in [6.45, 7) is 2.47. The summed E-state index contributed by atoms with van der Waals surface area (Å²) in [6.07, 6.45) is 0. The molecule has 2 nitrogen and oxygen atoms in total. The average molecular weight is 356 g/mol. The van der Waals surface area contributed by atoms with Gasteiger partial charge >= 0.3 is 0 Å². The van der Waals surface area contributed by atoms with Gasteiger partial charge in [-0.15, -0.1) is 0 Å². The van der Waals surface area contributed by atoms with Gasteiger partial charge in [0, 0.05) is 22.2 Å². The second-order valence-electron chi connectivity index (χ2n) is 4.52. The molecule has 0 heterocycles. The third-order valence-corrected chi connectivity index (χ3v) is 3.92. The Hall–Kier alpha value is -1.46. The minimum Gasteiger partial charge on any atom is -0.497 e. The number of halogens is 3. The average Bonchev–Trinajstić information content (AvgIpc) is 2.46. The fourth-order valence-electron chi connectivity index (χ4n) is 2.24. The first-order chi connectivity index (χ1) is 10.1. The minimum absolute atomic E-state index is 0.00968. The van der Waals surface area contributed by atoms with E-state index in [1.807, 2.05) is 31.2 Å². The van der Waals surface area contributed by atoms with Crippen molar-refractivity contribution in [1.29, 1.82) is 0 Å². The molecule has 0 radical (unpaired) electrons. The summed E-state index contributed by atoms with van der Waals surface area (Å²) in [5, 5.41) is 3.12. The summed E-state index contributed by atoms with van der Waals surface area (Å²) in [5.41, 5.74) is 0.770. The molecular weight excluding hydrogens is 340 g/mol. The third-order valence-electron chi connectivity index (χ3n) is 3.20. The Balaban J connectivity index is 2.56. The van der Waals surface area contributed by atoms with Crippen molar-refractivity contribution in [2.45, 2.75) is 13.0 Å². The van der Waals surface area contributed by atoms with E-state index in [-0.39, 0.29) is 11.3 Å². The van der Waals surface area contributed by atoms with Crippen LogP contribution >= 0.6 is 15.9 Å². The van der Waals surface area contributed by atoms with Crippen LogP contribution < -0.4 is 10.1 Å². The van der Waals surface area contributed by atoms with Gasteiger partial charge in [-0.2, -0.15) is 0 Å². The van der Waals surface area contributed by atoms with Crippen molar-refractivity contribution in [3.63, 3.8) is 0 Å². The summed E-state index contributed by atoms with van der Waals surface area (Å²) in [7, 11) is 1.38. The summed E-state index contributed by atoms with van der Waals surface area (Å²) in [4.78, 5) is 0. The van der Waals surface area contributed by atoms with Gasteiger partial charge in [0.1, 0.15) is 17.4 Å². The molecule has 2 aromatic rings. The quantitative estimate of drug-likeness (QED) is 0.856. The van der Waals surface area contributed by atoms with E-state index in [1.165, 1.54) is 19.2 Å². The van der Waals surface area contributed by atoms with E-state index >= 15 is 0 Å². The maximum absolute atomic E-state index is 14.3. The van der Waals surface area contributed by atoms with E-state index < -0.39 is 17.7 Å². The number of hydrogen-bond acceptors (Lipinski definition) is 2. The normalized spacial score (nSPS) is 12.2. The maximum Gasteiger partial charge on any atom is 0.134 e. The molecule has 0 amide bonds. The van der Waals surface area contributed by atoms with Crippen LogP contribution in [0.5, 0.6) is 5.75 Å². The molecule has 1 atom stereocenters. The van der Waals surface area contributed by atoms with Crippen LogP contribution in [-0.4, -0.2) is 13.7 Å². The molecule has 0 saturated heterocycles. The summed E-state index contributed by atoms with van der Waals surface area (Å²) in [6, 6.07) is 9.19. The van der Waals surface area contributed by atoms with E-state index in [2.05, 4.69) is 21.2 Å². The molecule has 0 aliphatic rings. The van der Waals surface area contributed by atoms with Crippen molar-refractivity contribution < 1.29 is 13.5 Å². The zero-order chi connectivity index (χ0) is 15.4. The van der Waals surface area contributed by atoms with E-state index in [9.17, 15) is 8.78 Å². The first kappa shape index (κ1) is 15.9. The van der Waals surface area contributed by atoms with Gasteiger partial charge in [-0.1, -0.05) is 41.1 Å². The van der Waals surface area contributed by atoms with Gasteiger partial charge < -0.3 is 10.1 Å². The molecule has 112 valence electrons. The second kappa shape index (κ2) is 7.00. The van der Waals surface area contributed by atoms with Crippen LogP contribution in [0.1, 0.15) is 24.1 Å². The standard InChI is InChI=1S/C16H16BrF2NO/c1-3-20-16(11-6-4-5-7-12(11)17)15-13(18)8-10(21-2)9-14(15)19/h4-9,16,20H,3H2,1-2H3. The molecule has 5 heteroatoms. The minimum atomic E-state index is -0.631. The summed E-state index contributed by atoms with van der Waals surface area (Å²) in [5.74, 6) is -1.10. The third kappa shape index (κ3) is 3.41. The van der Waals surface area contributed by atoms with Crippen molar-refractivity contribution in [3.8, 4) is 5.75 Å². The highest BCUT2D eigenvalue weighted by Gasteiger charge is 2.23. The van der Waals surface area contributed by atoms with Crippen molar-refractivity contribution >= 4 is 15.9 Å². The highest BCUT2D eigenvalue weighted by Crippen LogP contribution is 2.33. The predicted molar refractivity (Wildman–Crippen MR) is 82.6 cm³/mol. The van der Waals surface area contributed by atoms with Crippen molar-refractivity contribution in [2.75, 3.05) is 13.7 Å². The summed E-state index contributed by atoms with van der Waals surface area (Å²) < 4.78 is 34.3. The summed E-state index contributed by atoms with van der Waals surface area (Å²) >= 11 is 3.43. The lowest BCUT2D eigenvalue weighted by Gasteiger charge is -2.21. The Morgan fingerprint density at radius 3 is 2.33 bits per heavy atom. The largest absolute Gasteiger partial charge is 0.497 e. The fourth-order valence-corrected chi connectivity index (χ4v) is 2.75. The molecule has 1 N–H and O–H groups in total. The van der Waals surface area contributed by atoms with E-state index in [4.69, 9.17) is 4.74 Å². The molecule has 2 aromatic carbocycles. The van der Waals surface area contributed by atoms with Crippen molar-refractivity contribution in [2.24, 2.45) is 0 Å². The zero-order valence-electron chi connectivity index (χ0n) is 11.8. The topological polar surface area (TPSA) is 21.3 Å². The van der Waals surface area contributed by atoms with E-state index in [0.717, 1.165) is 10.0 Å². The Bertz CT molecular complexity index is 610. The number of methoxy groups -OCH3 is 1. The molecule has 0 saturated carbocycles. The van der Waals surface area contributed by atoms with Crippen LogP contribution in [0.15, 0.2) is 40.9 Å². The van der Waals surface area contributed by atoms with Gasteiger partial charge in [-0.25, -0.2) is 8.78 Å². The highest BCUT2D eigenvalue weighted by atomic mass is 79.9. The number of nitrogens with one attached hydrogen (secondary N) is 1. The van der Waals surface area contributed by atoms with Gasteiger partial charge in [0.25, 0.3) is 0 Å². The van der Waals surface area contributed by atoms with Crippen molar-refractivity contribution in [3.05, 3.63) is 63.6 Å². The fraction of sp³-hybridized carbons (Fsp3) is 0.250. The van der Waals surface area contributed by atoms with Crippen LogP contribution in [0, 0.1) is 11.6 Å². The monoisotopic (exact) mass is 355 g/mol.